The van der Waals surface area contributed by atoms with Crippen molar-refractivity contribution >= 4 is 27.6 Å². The van der Waals surface area contributed by atoms with Crippen LogP contribution >= 0.6 is 15.9 Å². The molecule has 130 valence electrons. The topological polar surface area (TPSA) is 56.8 Å². The predicted octanol–water partition coefficient (Wildman–Crippen LogP) is 4.03. The summed E-state index contributed by atoms with van der Waals surface area (Å²) in [7, 11) is 1.41. The Morgan fingerprint density at radius 3 is 2.96 bits per heavy atom. The molecule has 2 atom stereocenters. The SMILES string of the molecule is COC(=O)C[C@@H]1COc2cc(NC3COc4c(Br)cccc43)ccc21. The Kier molecular flexibility index (Phi) is 4.29. The summed E-state index contributed by atoms with van der Waals surface area (Å²) in [6.07, 6.45) is 0.341. The number of halogens is 1. The minimum atomic E-state index is -0.214. The second-order valence-corrected chi connectivity index (χ2v) is 7.06. The number of esters is 1. The van der Waals surface area contributed by atoms with Crippen molar-refractivity contribution in [3.8, 4) is 11.5 Å². The van der Waals surface area contributed by atoms with Gasteiger partial charge in [0.1, 0.15) is 18.1 Å². The Labute approximate surface area is 154 Å². The number of benzene rings is 2. The molecule has 5 nitrogen and oxygen atoms in total. The highest BCUT2D eigenvalue weighted by Gasteiger charge is 2.29. The molecule has 2 aromatic carbocycles. The normalized spacial score (nSPS) is 20.2. The van der Waals surface area contributed by atoms with Gasteiger partial charge in [-0.25, -0.2) is 0 Å². The molecule has 0 bridgehead atoms. The van der Waals surface area contributed by atoms with Crippen molar-refractivity contribution in [2.24, 2.45) is 0 Å². The molecular formula is C19H18BrNO4. The average molecular weight is 404 g/mol. The Hall–Kier alpha value is -2.21. The van der Waals surface area contributed by atoms with Gasteiger partial charge in [-0.05, 0) is 28.1 Å². The molecule has 6 heteroatoms. The molecule has 0 aromatic heterocycles. The summed E-state index contributed by atoms with van der Waals surface area (Å²) in [6, 6.07) is 12.2. The Bertz CT molecular complexity index is 823. The fourth-order valence-corrected chi connectivity index (χ4v) is 3.85. The summed E-state index contributed by atoms with van der Waals surface area (Å²) in [5, 5.41) is 3.50. The summed E-state index contributed by atoms with van der Waals surface area (Å²) in [6.45, 7) is 1.09. The number of carbonyl (C=O) groups is 1. The fourth-order valence-electron chi connectivity index (χ4n) is 3.35. The maximum Gasteiger partial charge on any atom is 0.306 e. The van der Waals surface area contributed by atoms with E-state index in [2.05, 4.69) is 27.3 Å². The Morgan fingerprint density at radius 2 is 2.12 bits per heavy atom. The second kappa shape index (κ2) is 6.59. The zero-order chi connectivity index (χ0) is 17.4. The maximum atomic E-state index is 11.5. The number of nitrogens with one attached hydrogen (secondary N) is 1. The van der Waals surface area contributed by atoms with Gasteiger partial charge < -0.3 is 19.5 Å². The van der Waals surface area contributed by atoms with Gasteiger partial charge in [0, 0.05) is 28.8 Å². The third-order valence-corrected chi connectivity index (χ3v) is 5.27. The lowest BCUT2D eigenvalue weighted by Crippen LogP contribution is -2.12. The lowest BCUT2D eigenvalue weighted by Gasteiger charge is -2.14. The molecule has 1 unspecified atom stereocenters. The van der Waals surface area contributed by atoms with E-state index in [4.69, 9.17) is 14.2 Å². The average Bonchev–Trinajstić information content (AvgIpc) is 3.20. The van der Waals surface area contributed by atoms with Crippen LogP contribution in [-0.2, 0) is 9.53 Å². The summed E-state index contributed by atoms with van der Waals surface area (Å²) < 4.78 is 17.3. The zero-order valence-electron chi connectivity index (χ0n) is 13.8. The number of fused-ring (bicyclic) bond motifs is 2. The van der Waals surface area contributed by atoms with Crippen molar-refractivity contribution in [3.63, 3.8) is 0 Å². The first kappa shape index (κ1) is 16.3. The van der Waals surface area contributed by atoms with Crippen LogP contribution in [0.15, 0.2) is 40.9 Å². The molecule has 2 aromatic rings. The third kappa shape index (κ3) is 3.06. The third-order valence-electron chi connectivity index (χ3n) is 4.64. The maximum absolute atomic E-state index is 11.5. The molecular weight excluding hydrogens is 386 g/mol. The first-order valence-corrected chi connectivity index (χ1v) is 8.96. The number of hydrogen-bond donors (Lipinski definition) is 1. The van der Waals surface area contributed by atoms with Gasteiger partial charge in [-0.2, -0.15) is 0 Å². The first-order valence-electron chi connectivity index (χ1n) is 8.17. The van der Waals surface area contributed by atoms with Crippen LogP contribution in [0.4, 0.5) is 5.69 Å². The van der Waals surface area contributed by atoms with E-state index >= 15 is 0 Å². The van der Waals surface area contributed by atoms with Gasteiger partial charge in [-0.15, -0.1) is 0 Å². The van der Waals surface area contributed by atoms with Crippen molar-refractivity contribution in [3.05, 3.63) is 52.0 Å². The molecule has 0 saturated carbocycles. The van der Waals surface area contributed by atoms with Gasteiger partial charge in [0.05, 0.1) is 30.7 Å². The van der Waals surface area contributed by atoms with Crippen LogP contribution in [0.25, 0.3) is 0 Å². The van der Waals surface area contributed by atoms with E-state index in [9.17, 15) is 4.79 Å². The molecule has 0 amide bonds. The number of hydrogen-bond acceptors (Lipinski definition) is 5. The van der Waals surface area contributed by atoms with Gasteiger partial charge >= 0.3 is 5.97 Å². The van der Waals surface area contributed by atoms with E-state index in [1.807, 2.05) is 30.3 Å². The number of para-hydroxylation sites is 1. The van der Waals surface area contributed by atoms with Crippen molar-refractivity contribution in [1.29, 1.82) is 0 Å². The lowest BCUT2D eigenvalue weighted by molar-refractivity contribution is -0.141. The van der Waals surface area contributed by atoms with E-state index < -0.39 is 0 Å². The number of carbonyl (C=O) groups excluding carboxylic acids is 1. The van der Waals surface area contributed by atoms with Gasteiger partial charge in [0.25, 0.3) is 0 Å². The molecule has 1 N–H and O–H groups in total. The molecule has 2 aliphatic heterocycles. The first-order chi connectivity index (χ1) is 12.2. The standard InChI is InChI=1S/C19H18BrNO4/c1-23-18(22)7-11-9-24-17-8-12(5-6-13(11)17)21-16-10-25-19-14(16)3-2-4-15(19)20/h2-6,8,11,16,21H,7,9-10H2,1H3/t11-,16?/m1/s1. The van der Waals surface area contributed by atoms with E-state index in [0.717, 1.165) is 32.8 Å². The zero-order valence-corrected chi connectivity index (χ0v) is 15.3. The molecule has 0 spiro atoms. The molecule has 0 fully saturated rings. The summed E-state index contributed by atoms with van der Waals surface area (Å²) in [5.41, 5.74) is 3.17. The molecule has 4 rings (SSSR count). The Balaban J connectivity index is 1.51. The highest BCUT2D eigenvalue weighted by molar-refractivity contribution is 9.10. The fraction of sp³-hybridized carbons (Fsp3) is 0.316. The van der Waals surface area contributed by atoms with Crippen molar-refractivity contribution in [2.45, 2.75) is 18.4 Å². The van der Waals surface area contributed by atoms with Crippen LogP contribution in [0.2, 0.25) is 0 Å². The van der Waals surface area contributed by atoms with E-state index in [1.165, 1.54) is 7.11 Å². The molecule has 2 heterocycles. The molecule has 0 saturated heterocycles. The minimum Gasteiger partial charge on any atom is -0.493 e. The quantitative estimate of drug-likeness (QED) is 0.780. The van der Waals surface area contributed by atoms with Gasteiger partial charge in [-0.1, -0.05) is 18.2 Å². The van der Waals surface area contributed by atoms with E-state index in [0.29, 0.717) is 19.6 Å². The smallest absolute Gasteiger partial charge is 0.306 e. The van der Waals surface area contributed by atoms with Crippen LogP contribution in [0.1, 0.15) is 29.5 Å². The number of ether oxygens (including phenoxy) is 3. The van der Waals surface area contributed by atoms with Crippen LogP contribution in [0.3, 0.4) is 0 Å². The van der Waals surface area contributed by atoms with Crippen LogP contribution in [-0.4, -0.2) is 26.3 Å². The van der Waals surface area contributed by atoms with Gasteiger partial charge in [0.15, 0.2) is 0 Å². The summed E-state index contributed by atoms with van der Waals surface area (Å²) in [4.78, 5) is 11.5. The largest absolute Gasteiger partial charge is 0.493 e. The van der Waals surface area contributed by atoms with E-state index in [-0.39, 0.29) is 17.9 Å². The highest BCUT2D eigenvalue weighted by atomic mass is 79.9. The number of methoxy groups -OCH3 is 1. The van der Waals surface area contributed by atoms with Crippen molar-refractivity contribution in [2.75, 3.05) is 25.6 Å². The summed E-state index contributed by atoms with van der Waals surface area (Å²) >= 11 is 3.52. The van der Waals surface area contributed by atoms with E-state index in [1.54, 1.807) is 0 Å². The minimum absolute atomic E-state index is 0.0583. The predicted molar refractivity (Wildman–Crippen MR) is 97.3 cm³/mol. The molecule has 0 aliphatic carbocycles. The van der Waals surface area contributed by atoms with Gasteiger partial charge in [-0.3, -0.25) is 4.79 Å². The number of rotatable bonds is 4. The van der Waals surface area contributed by atoms with Crippen molar-refractivity contribution in [1.82, 2.24) is 0 Å². The van der Waals surface area contributed by atoms with Crippen molar-refractivity contribution < 1.29 is 19.0 Å². The molecule has 0 radical (unpaired) electrons. The van der Waals surface area contributed by atoms with Crippen LogP contribution in [0, 0.1) is 0 Å². The summed E-state index contributed by atoms with van der Waals surface area (Å²) in [5.74, 6) is 1.57. The highest BCUT2D eigenvalue weighted by Crippen LogP contribution is 2.42. The molecule has 25 heavy (non-hydrogen) atoms. The Morgan fingerprint density at radius 1 is 1.24 bits per heavy atom. The lowest BCUT2D eigenvalue weighted by atomic mass is 9.97. The van der Waals surface area contributed by atoms with Gasteiger partial charge in [0.2, 0.25) is 0 Å². The number of anilines is 1. The van der Waals surface area contributed by atoms with Crippen LogP contribution in [0.5, 0.6) is 11.5 Å². The van der Waals surface area contributed by atoms with Crippen LogP contribution < -0.4 is 14.8 Å². The second-order valence-electron chi connectivity index (χ2n) is 6.21. The molecule has 2 aliphatic rings. The monoisotopic (exact) mass is 403 g/mol.